The van der Waals surface area contributed by atoms with Crippen LogP contribution in [0.5, 0.6) is 5.75 Å². The van der Waals surface area contributed by atoms with Gasteiger partial charge in [-0.3, -0.25) is 0 Å². The first-order chi connectivity index (χ1) is 9.33. The van der Waals surface area contributed by atoms with E-state index >= 15 is 0 Å². The maximum absolute atomic E-state index is 5.37. The second-order valence-corrected chi connectivity index (χ2v) is 5.33. The average molecular weight is 273 g/mol. The van der Waals surface area contributed by atoms with Crippen LogP contribution in [0, 0.1) is 0 Å². The van der Waals surface area contributed by atoms with Gasteiger partial charge in [-0.15, -0.1) is 11.8 Å². The van der Waals surface area contributed by atoms with Crippen molar-refractivity contribution < 1.29 is 4.74 Å². The number of para-hydroxylation sites is 1. The minimum Gasteiger partial charge on any atom is -0.496 e. The van der Waals surface area contributed by atoms with Gasteiger partial charge in [-0.25, -0.2) is 0 Å². The molecule has 0 atom stereocenters. The van der Waals surface area contributed by atoms with E-state index in [0.29, 0.717) is 0 Å². The molecule has 0 saturated heterocycles. The molecule has 0 aliphatic heterocycles. The summed E-state index contributed by atoms with van der Waals surface area (Å²) in [5.41, 5.74) is 2.54. The Labute approximate surface area is 119 Å². The van der Waals surface area contributed by atoms with Crippen molar-refractivity contribution in [1.82, 2.24) is 5.32 Å². The normalized spacial score (nSPS) is 10.4. The number of nitrogens with one attached hydrogen (secondary N) is 1. The van der Waals surface area contributed by atoms with E-state index in [-0.39, 0.29) is 0 Å². The molecule has 0 aromatic heterocycles. The Morgan fingerprint density at radius 2 is 1.95 bits per heavy atom. The lowest BCUT2D eigenvalue weighted by Gasteiger charge is -2.08. The number of thioether (sulfide) groups is 1. The topological polar surface area (TPSA) is 21.3 Å². The molecule has 2 rings (SSSR count). The van der Waals surface area contributed by atoms with Crippen LogP contribution in [0.15, 0.2) is 53.4 Å². The minimum atomic E-state index is 0.906. The van der Waals surface area contributed by atoms with Gasteiger partial charge in [0, 0.05) is 22.8 Å². The maximum atomic E-state index is 5.37. The molecule has 100 valence electrons. The first kappa shape index (κ1) is 14.0. The Hall–Kier alpha value is -1.45. The minimum absolute atomic E-state index is 0.906. The fourth-order valence-corrected chi connectivity index (χ4v) is 2.90. The third-order valence-electron chi connectivity index (χ3n) is 2.87. The zero-order valence-corrected chi connectivity index (χ0v) is 12.2. The van der Waals surface area contributed by atoms with Crippen LogP contribution < -0.4 is 10.1 Å². The molecule has 0 fully saturated rings. The summed E-state index contributed by atoms with van der Waals surface area (Å²) in [7, 11) is 3.69. The van der Waals surface area contributed by atoms with Crippen molar-refractivity contribution in [3.05, 3.63) is 59.7 Å². The van der Waals surface area contributed by atoms with E-state index in [1.165, 1.54) is 16.0 Å². The van der Waals surface area contributed by atoms with Crippen molar-refractivity contribution in [3.8, 4) is 5.75 Å². The molecule has 1 N–H and O–H groups in total. The molecule has 0 unspecified atom stereocenters. The molecular weight excluding hydrogens is 254 g/mol. The first-order valence-corrected chi connectivity index (χ1v) is 7.30. The van der Waals surface area contributed by atoms with Gasteiger partial charge < -0.3 is 10.1 Å². The highest BCUT2D eigenvalue weighted by Gasteiger charge is 2.03. The van der Waals surface area contributed by atoms with Crippen LogP contribution in [0.25, 0.3) is 0 Å². The zero-order chi connectivity index (χ0) is 13.5. The molecule has 2 aromatic rings. The van der Waals surface area contributed by atoms with Crippen molar-refractivity contribution in [1.29, 1.82) is 0 Å². The van der Waals surface area contributed by atoms with Crippen molar-refractivity contribution >= 4 is 11.8 Å². The highest BCUT2D eigenvalue weighted by atomic mass is 32.2. The predicted molar refractivity (Wildman–Crippen MR) is 81.8 cm³/mol. The standard InChI is InChI=1S/C16H19NOS/c1-17-11-13-6-5-8-15(10-13)19-12-14-7-3-4-9-16(14)18-2/h3-10,17H,11-12H2,1-2H3. The predicted octanol–water partition coefficient (Wildman–Crippen LogP) is 3.71. The number of benzene rings is 2. The Morgan fingerprint density at radius 3 is 2.74 bits per heavy atom. The summed E-state index contributed by atoms with van der Waals surface area (Å²) in [6.07, 6.45) is 0. The third-order valence-corrected chi connectivity index (χ3v) is 3.91. The zero-order valence-electron chi connectivity index (χ0n) is 11.3. The maximum Gasteiger partial charge on any atom is 0.122 e. The van der Waals surface area contributed by atoms with Gasteiger partial charge in [-0.1, -0.05) is 30.3 Å². The fraction of sp³-hybridized carbons (Fsp3) is 0.250. The summed E-state index contributed by atoms with van der Waals surface area (Å²) in [6.45, 7) is 0.906. The van der Waals surface area contributed by atoms with E-state index in [1.807, 2.05) is 30.9 Å². The van der Waals surface area contributed by atoms with Crippen molar-refractivity contribution in [2.75, 3.05) is 14.2 Å². The highest BCUT2D eigenvalue weighted by molar-refractivity contribution is 7.98. The molecule has 0 saturated carbocycles. The number of rotatable bonds is 6. The Bertz CT molecular complexity index is 528. The summed E-state index contributed by atoms with van der Waals surface area (Å²) in [5, 5.41) is 3.17. The molecule has 3 heteroatoms. The SMILES string of the molecule is CNCc1cccc(SCc2ccccc2OC)c1. The Morgan fingerprint density at radius 1 is 1.11 bits per heavy atom. The molecule has 0 aliphatic carbocycles. The molecule has 2 aromatic carbocycles. The number of methoxy groups -OCH3 is 1. The van der Waals surface area contributed by atoms with E-state index in [2.05, 4.69) is 41.7 Å². The Kier molecular flexibility index (Phi) is 5.31. The van der Waals surface area contributed by atoms with Crippen molar-refractivity contribution in [2.24, 2.45) is 0 Å². The lowest BCUT2D eigenvalue weighted by molar-refractivity contribution is 0.411. The summed E-state index contributed by atoms with van der Waals surface area (Å²) < 4.78 is 5.37. The van der Waals surface area contributed by atoms with Crippen LogP contribution in [0.2, 0.25) is 0 Å². The lowest BCUT2D eigenvalue weighted by Crippen LogP contribution is -2.04. The van der Waals surface area contributed by atoms with E-state index in [4.69, 9.17) is 4.74 Å². The molecule has 0 radical (unpaired) electrons. The van der Waals surface area contributed by atoms with E-state index in [1.54, 1.807) is 7.11 Å². The summed E-state index contributed by atoms with van der Waals surface area (Å²) in [6, 6.07) is 16.8. The fourth-order valence-electron chi connectivity index (χ4n) is 1.93. The van der Waals surface area contributed by atoms with Crippen LogP contribution in [-0.4, -0.2) is 14.2 Å². The second-order valence-electron chi connectivity index (χ2n) is 4.28. The van der Waals surface area contributed by atoms with Crippen LogP contribution in [0.1, 0.15) is 11.1 Å². The van der Waals surface area contributed by atoms with Gasteiger partial charge in [-0.05, 0) is 30.8 Å². The van der Waals surface area contributed by atoms with Gasteiger partial charge in [0.2, 0.25) is 0 Å². The molecule has 0 aliphatic rings. The number of hydrogen-bond acceptors (Lipinski definition) is 3. The average Bonchev–Trinajstić information content (AvgIpc) is 2.46. The Balaban J connectivity index is 2.03. The van der Waals surface area contributed by atoms with Crippen LogP contribution in [-0.2, 0) is 12.3 Å². The van der Waals surface area contributed by atoms with Crippen LogP contribution in [0.4, 0.5) is 0 Å². The van der Waals surface area contributed by atoms with Gasteiger partial charge >= 0.3 is 0 Å². The summed E-state index contributed by atoms with van der Waals surface area (Å²) in [5.74, 6) is 1.88. The molecular formula is C16H19NOS. The van der Waals surface area contributed by atoms with Gasteiger partial charge in [0.15, 0.2) is 0 Å². The van der Waals surface area contributed by atoms with Gasteiger partial charge in [0.25, 0.3) is 0 Å². The molecule has 0 amide bonds. The molecule has 0 bridgehead atoms. The van der Waals surface area contributed by atoms with E-state index in [0.717, 1.165) is 18.0 Å². The molecule has 0 spiro atoms. The van der Waals surface area contributed by atoms with E-state index in [9.17, 15) is 0 Å². The van der Waals surface area contributed by atoms with Crippen molar-refractivity contribution in [2.45, 2.75) is 17.2 Å². The molecule has 2 nitrogen and oxygen atoms in total. The molecule has 0 heterocycles. The molecule has 19 heavy (non-hydrogen) atoms. The number of hydrogen-bond donors (Lipinski definition) is 1. The van der Waals surface area contributed by atoms with Crippen LogP contribution >= 0.6 is 11.8 Å². The number of ether oxygens (including phenoxy) is 1. The van der Waals surface area contributed by atoms with E-state index < -0.39 is 0 Å². The third kappa shape index (κ3) is 4.01. The monoisotopic (exact) mass is 273 g/mol. The highest BCUT2D eigenvalue weighted by Crippen LogP contribution is 2.28. The van der Waals surface area contributed by atoms with Gasteiger partial charge in [-0.2, -0.15) is 0 Å². The summed E-state index contributed by atoms with van der Waals surface area (Å²) >= 11 is 1.84. The second kappa shape index (κ2) is 7.22. The van der Waals surface area contributed by atoms with Gasteiger partial charge in [0.1, 0.15) is 5.75 Å². The first-order valence-electron chi connectivity index (χ1n) is 6.31. The quantitative estimate of drug-likeness (QED) is 0.811. The summed E-state index contributed by atoms with van der Waals surface area (Å²) in [4.78, 5) is 1.29. The smallest absolute Gasteiger partial charge is 0.122 e. The van der Waals surface area contributed by atoms with Gasteiger partial charge in [0.05, 0.1) is 7.11 Å². The largest absolute Gasteiger partial charge is 0.496 e. The lowest BCUT2D eigenvalue weighted by atomic mass is 10.2. The van der Waals surface area contributed by atoms with Crippen LogP contribution in [0.3, 0.4) is 0 Å². The van der Waals surface area contributed by atoms with Crippen molar-refractivity contribution in [3.63, 3.8) is 0 Å².